The maximum absolute atomic E-state index is 4.90. The third-order valence-electron chi connectivity index (χ3n) is 7.25. The molecule has 0 bridgehead atoms. The fourth-order valence-electron chi connectivity index (χ4n) is 5.38. The van der Waals surface area contributed by atoms with Gasteiger partial charge in [0.05, 0.1) is 0 Å². The molecule has 0 aliphatic rings. The SMILES string of the molecule is NCCN.[Cl-].[Ru+2].c1ccc(-c2ccccc2)cc1.c1ccc([B-](c2ccccc2)(c2ccccc2)c2ccccc2)cc1. The Kier molecular flexibility index (Phi) is 16.0. The fraction of sp³-hybridized carbons (Fsp3) is 0.0526. The molecule has 6 aromatic carbocycles. The maximum atomic E-state index is 4.90. The fourth-order valence-corrected chi connectivity index (χ4v) is 5.38. The third-order valence-corrected chi connectivity index (χ3v) is 7.25. The molecule has 2 nitrogen and oxygen atoms in total. The summed E-state index contributed by atoms with van der Waals surface area (Å²) in [5, 5.41) is 0. The number of benzene rings is 6. The van der Waals surface area contributed by atoms with E-state index in [2.05, 4.69) is 170 Å². The molecular weight excluding hydrogens is 632 g/mol. The van der Waals surface area contributed by atoms with E-state index in [0.717, 1.165) is 0 Å². The van der Waals surface area contributed by atoms with Gasteiger partial charge in [0.2, 0.25) is 0 Å². The predicted octanol–water partition coefficient (Wildman–Crippen LogP) is 2.32. The van der Waals surface area contributed by atoms with Crippen LogP contribution in [0.25, 0.3) is 11.1 Å². The van der Waals surface area contributed by atoms with Gasteiger partial charge in [-0.1, -0.05) is 182 Å². The first-order valence-electron chi connectivity index (χ1n) is 14.2. The summed E-state index contributed by atoms with van der Waals surface area (Å²) < 4.78 is 0. The molecule has 4 N–H and O–H groups in total. The van der Waals surface area contributed by atoms with Crippen molar-refractivity contribution in [2.24, 2.45) is 11.5 Å². The van der Waals surface area contributed by atoms with E-state index in [1.54, 1.807) is 0 Å². The molecule has 0 amide bonds. The average molecular weight is 670 g/mol. The molecule has 218 valence electrons. The number of hydrogen-bond donors (Lipinski definition) is 2. The van der Waals surface area contributed by atoms with Gasteiger partial charge in [0, 0.05) is 13.1 Å². The largest absolute Gasteiger partial charge is 2.00 e. The van der Waals surface area contributed by atoms with Crippen LogP contribution in [0.15, 0.2) is 182 Å². The first kappa shape index (κ1) is 35.4. The van der Waals surface area contributed by atoms with E-state index in [4.69, 9.17) is 11.5 Å². The smallest absolute Gasteiger partial charge is 1.00 e. The van der Waals surface area contributed by atoms with E-state index >= 15 is 0 Å². The van der Waals surface area contributed by atoms with Crippen molar-refractivity contribution in [2.75, 3.05) is 13.1 Å². The number of rotatable bonds is 6. The predicted molar refractivity (Wildman–Crippen MR) is 180 cm³/mol. The van der Waals surface area contributed by atoms with Crippen LogP contribution in [0.3, 0.4) is 0 Å². The van der Waals surface area contributed by atoms with Crippen LogP contribution >= 0.6 is 0 Å². The van der Waals surface area contributed by atoms with Crippen molar-refractivity contribution in [1.29, 1.82) is 0 Å². The van der Waals surface area contributed by atoms with Gasteiger partial charge in [-0.2, -0.15) is 21.9 Å². The minimum atomic E-state index is -1.22. The van der Waals surface area contributed by atoms with Crippen molar-refractivity contribution in [3.63, 3.8) is 0 Å². The summed E-state index contributed by atoms with van der Waals surface area (Å²) in [5.74, 6) is 0. The molecule has 5 heteroatoms. The second kappa shape index (κ2) is 19.4. The molecule has 0 aliphatic carbocycles. The zero-order valence-electron chi connectivity index (χ0n) is 24.2. The van der Waals surface area contributed by atoms with Crippen molar-refractivity contribution in [1.82, 2.24) is 0 Å². The molecule has 0 heterocycles. The molecule has 0 saturated heterocycles. The monoisotopic (exact) mass is 670 g/mol. The van der Waals surface area contributed by atoms with Gasteiger partial charge in [-0.25, -0.2) is 0 Å². The summed E-state index contributed by atoms with van der Waals surface area (Å²) in [5.41, 5.74) is 17.7. The van der Waals surface area contributed by atoms with Gasteiger partial charge in [-0.3, -0.25) is 0 Å². The minimum Gasteiger partial charge on any atom is -1.00 e. The maximum Gasteiger partial charge on any atom is 2.00 e. The van der Waals surface area contributed by atoms with Crippen LogP contribution in [0.4, 0.5) is 0 Å². The van der Waals surface area contributed by atoms with Gasteiger partial charge in [0.15, 0.2) is 0 Å². The summed E-state index contributed by atoms with van der Waals surface area (Å²) in [6, 6.07) is 64.3. The molecule has 0 spiro atoms. The topological polar surface area (TPSA) is 52.0 Å². The standard InChI is InChI=1S/C24H20B.C12H10.C2H8N2.ClH.Ru/c1-5-13-21(14-6-1)25(22-15-7-2-8-16-22,23-17-9-3-10-18-23)24-19-11-4-12-20-24;1-3-7-11(8-4-1)12-9-5-2-6-10-12;3-1-2-4;;/h1-20H;1-10H;1-4H2;1H;/q-1;;;;+2/p-1. The summed E-state index contributed by atoms with van der Waals surface area (Å²) in [6.07, 6.45) is -1.22. The summed E-state index contributed by atoms with van der Waals surface area (Å²) in [6.45, 7) is 1.19. The van der Waals surface area contributed by atoms with E-state index in [0.29, 0.717) is 13.1 Å². The minimum absolute atomic E-state index is 0. The van der Waals surface area contributed by atoms with Gasteiger partial charge in [-0.05, 0) is 11.1 Å². The zero-order chi connectivity index (χ0) is 28.6. The van der Waals surface area contributed by atoms with Crippen molar-refractivity contribution in [2.45, 2.75) is 0 Å². The van der Waals surface area contributed by atoms with E-state index < -0.39 is 6.15 Å². The third kappa shape index (κ3) is 9.35. The Labute approximate surface area is 276 Å². The normalized spacial score (nSPS) is 9.91. The number of halogens is 1. The van der Waals surface area contributed by atoms with Gasteiger partial charge in [-0.15, -0.1) is 0 Å². The quantitative estimate of drug-likeness (QED) is 0.268. The van der Waals surface area contributed by atoms with Crippen LogP contribution in [0, 0.1) is 0 Å². The first-order valence-corrected chi connectivity index (χ1v) is 14.2. The second-order valence-corrected chi connectivity index (χ2v) is 9.82. The van der Waals surface area contributed by atoms with E-state index in [1.165, 1.54) is 33.0 Å². The van der Waals surface area contributed by atoms with E-state index in [-0.39, 0.29) is 31.9 Å². The van der Waals surface area contributed by atoms with E-state index in [9.17, 15) is 0 Å². The Hall–Kier alpha value is -3.78. The van der Waals surface area contributed by atoms with Gasteiger partial charge in [0.1, 0.15) is 6.15 Å². The van der Waals surface area contributed by atoms with Crippen molar-refractivity contribution in [3.8, 4) is 11.1 Å². The molecule has 6 aromatic rings. The van der Waals surface area contributed by atoms with Crippen molar-refractivity contribution < 1.29 is 31.9 Å². The van der Waals surface area contributed by atoms with Crippen LogP contribution in [0.5, 0.6) is 0 Å². The van der Waals surface area contributed by atoms with Crippen LogP contribution in [-0.2, 0) is 19.5 Å². The summed E-state index contributed by atoms with van der Waals surface area (Å²) in [7, 11) is 0. The van der Waals surface area contributed by atoms with Crippen LogP contribution in [0.1, 0.15) is 0 Å². The Morgan fingerprint density at radius 2 is 0.512 bits per heavy atom. The zero-order valence-corrected chi connectivity index (χ0v) is 26.7. The Morgan fingerprint density at radius 1 is 0.326 bits per heavy atom. The van der Waals surface area contributed by atoms with Crippen LogP contribution in [0.2, 0.25) is 0 Å². The average Bonchev–Trinajstić information content (AvgIpc) is 3.08. The van der Waals surface area contributed by atoms with Crippen LogP contribution in [-0.4, -0.2) is 19.2 Å². The van der Waals surface area contributed by atoms with Crippen LogP contribution < -0.4 is 45.7 Å². The molecule has 0 fully saturated rings. The second-order valence-electron chi connectivity index (χ2n) is 9.82. The molecule has 0 atom stereocenters. The molecule has 0 radical (unpaired) electrons. The molecule has 0 unspecified atom stereocenters. The van der Waals surface area contributed by atoms with Gasteiger partial charge in [0.25, 0.3) is 0 Å². The molecular formula is C38H38BClN2Ru. The van der Waals surface area contributed by atoms with E-state index in [1.807, 2.05) is 12.1 Å². The molecule has 0 saturated carbocycles. The number of hydrogen-bond acceptors (Lipinski definition) is 2. The summed E-state index contributed by atoms with van der Waals surface area (Å²) in [4.78, 5) is 0. The first-order chi connectivity index (χ1) is 20.3. The molecule has 43 heavy (non-hydrogen) atoms. The molecule has 6 rings (SSSR count). The Morgan fingerprint density at radius 3 is 0.698 bits per heavy atom. The van der Waals surface area contributed by atoms with Crippen molar-refractivity contribution >= 4 is 28.0 Å². The summed E-state index contributed by atoms with van der Waals surface area (Å²) >= 11 is 0. The number of nitrogens with two attached hydrogens (primary N) is 2. The van der Waals surface area contributed by atoms with Gasteiger partial charge >= 0.3 is 19.5 Å². The molecule has 0 aromatic heterocycles. The molecule has 0 aliphatic heterocycles. The Balaban J connectivity index is 0.000000301. The van der Waals surface area contributed by atoms with Gasteiger partial charge < -0.3 is 23.9 Å². The Bertz CT molecular complexity index is 1320. The van der Waals surface area contributed by atoms with Crippen molar-refractivity contribution in [3.05, 3.63) is 182 Å².